The van der Waals surface area contributed by atoms with Crippen molar-refractivity contribution in [3.05, 3.63) is 96.4 Å². The molecule has 0 atom stereocenters. The monoisotopic (exact) mass is 327 g/mol. The molecule has 4 rings (SSSR count). The number of benzene rings is 2. The molecule has 0 aliphatic heterocycles. The Morgan fingerprint density at radius 1 is 0.880 bits per heavy atom. The Morgan fingerprint density at radius 3 is 2.56 bits per heavy atom. The van der Waals surface area contributed by atoms with Gasteiger partial charge in [-0.05, 0) is 35.7 Å². The van der Waals surface area contributed by atoms with Crippen molar-refractivity contribution in [1.82, 2.24) is 9.55 Å². The molecule has 0 bridgehead atoms. The Kier molecular flexibility index (Phi) is 4.46. The van der Waals surface area contributed by atoms with Crippen LogP contribution in [0.4, 0.5) is 5.69 Å². The minimum Gasteiger partial charge on any atom is -0.383 e. The Morgan fingerprint density at radius 2 is 1.72 bits per heavy atom. The number of hydrogen-bond donors (Lipinski definition) is 1. The summed E-state index contributed by atoms with van der Waals surface area (Å²) >= 11 is 0. The first kappa shape index (κ1) is 15.5. The highest BCUT2D eigenvalue weighted by molar-refractivity contribution is 5.84. The molecule has 3 nitrogen and oxygen atoms in total. The summed E-state index contributed by atoms with van der Waals surface area (Å²) in [7, 11) is 0. The van der Waals surface area contributed by atoms with E-state index in [1.807, 2.05) is 18.3 Å². The fourth-order valence-corrected chi connectivity index (χ4v) is 3.24. The third kappa shape index (κ3) is 3.56. The van der Waals surface area contributed by atoms with Crippen LogP contribution in [0.15, 0.2) is 85.3 Å². The van der Waals surface area contributed by atoms with Crippen molar-refractivity contribution >= 4 is 16.6 Å². The van der Waals surface area contributed by atoms with Crippen LogP contribution < -0.4 is 5.32 Å². The van der Waals surface area contributed by atoms with Crippen LogP contribution >= 0.6 is 0 Å². The summed E-state index contributed by atoms with van der Waals surface area (Å²) in [6.07, 6.45) is 6.93. The van der Waals surface area contributed by atoms with E-state index in [-0.39, 0.29) is 0 Å². The van der Waals surface area contributed by atoms with Gasteiger partial charge in [-0.15, -0.1) is 0 Å². The highest BCUT2D eigenvalue weighted by atomic mass is 15.0. The van der Waals surface area contributed by atoms with Gasteiger partial charge in [0.05, 0.1) is 5.69 Å². The van der Waals surface area contributed by atoms with Crippen LogP contribution in [0.2, 0.25) is 0 Å². The summed E-state index contributed by atoms with van der Waals surface area (Å²) < 4.78 is 2.35. The van der Waals surface area contributed by atoms with Gasteiger partial charge in [0.2, 0.25) is 0 Å². The minimum absolute atomic E-state index is 0.894. The molecule has 0 unspecified atom stereocenters. The lowest BCUT2D eigenvalue weighted by Gasteiger charge is -2.05. The molecule has 1 N–H and O–H groups in total. The fourth-order valence-electron chi connectivity index (χ4n) is 3.24. The number of aromatic nitrogens is 2. The molecule has 4 aromatic rings. The van der Waals surface area contributed by atoms with Crippen molar-refractivity contribution in [3.8, 4) is 0 Å². The lowest BCUT2D eigenvalue weighted by Crippen LogP contribution is -2.04. The number of fused-ring (bicyclic) bond motifs is 1. The summed E-state index contributed by atoms with van der Waals surface area (Å²) in [5, 5.41) is 4.78. The second kappa shape index (κ2) is 7.22. The molecule has 3 heteroatoms. The average molecular weight is 327 g/mol. The molecule has 2 aromatic carbocycles. The molecule has 0 aliphatic rings. The first-order valence-corrected chi connectivity index (χ1v) is 8.65. The first-order valence-electron chi connectivity index (χ1n) is 8.65. The van der Waals surface area contributed by atoms with Crippen LogP contribution in [0.5, 0.6) is 0 Å². The lowest BCUT2D eigenvalue weighted by atomic mass is 10.1. The molecule has 124 valence electrons. The maximum atomic E-state index is 4.14. The van der Waals surface area contributed by atoms with E-state index in [9.17, 15) is 0 Å². The van der Waals surface area contributed by atoms with E-state index in [1.54, 1.807) is 6.20 Å². The Labute approximate surface area is 148 Å². The molecular formula is C22H21N3. The van der Waals surface area contributed by atoms with Crippen LogP contribution in [0, 0.1) is 0 Å². The van der Waals surface area contributed by atoms with Gasteiger partial charge in [0.1, 0.15) is 0 Å². The molecule has 25 heavy (non-hydrogen) atoms. The largest absolute Gasteiger partial charge is 0.383 e. The van der Waals surface area contributed by atoms with Crippen LogP contribution in [0.25, 0.3) is 10.9 Å². The normalized spacial score (nSPS) is 10.9. The molecule has 0 aliphatic carbocycles. The maximum absolute atomic E-state index is 4.14. The van der Waals surface area contributed by atoms with Gasteiger partial charge in [0.25, 0.3) is 0 Å². The van der Waals surface area contributed by atoms with Crippen LogP contribution in [0.3, 0.4) is 0 Å². The van der Waals surface area contributed by atoms with Crippen LogP contribution in [-0.2, 0) is 13.0 Å². The van der Waals surface area contributed by atoms with Crippen molar-refractivity contribution in [2.24, 2.45) is 0 Å². The second-order valence-electron chi connectivity index (χ2n) is 6.20. The molecule has 0 saturated carbocycles. The van der Waals surface area contributed by atoms with Gasteiger partial charge in [-0.2, -0.15) is 0 Å². The predicted octanol–water partition coefficient (Wildman–Crippen LogP) is 4.74. The van der Waals surface area contributed by atoms with Gasteiger partial charge >= 0.3 is 0 Å². The van der Waals surface area contributed by atoms with Crippen molar-refractivity contribution in [1.29, 1.82) is 0 Å². The summed E-state index contributed by atoms with van der Waals surface area (Å²) in [5.74, 6) is 0. The topological polar surface area (TPSA) is 29.9 Å². The fraction of sp³-hybridized carbons (Fsp3) is 0.136. The Hall–Kier alpha value is -3.07. The highest BCUT2D eigenvalue weighted by Gasteiger charge is 2.08. The molecule has 0 fully saturated rings. The summed E-state index contributed by atoms with van der Waals surface area (Å²) in [6, 6.07) is 23.3. The quantitative estimate of drug-likeness (QED) is 0.554. The first-order chi connectivity index (χ1) is 12.4. The van der Waals surface area contributed by atoms with Gasteiger partial charge < -0.3 is 9.88 Å². The standard InChI is InChI=1S/C22H21N3/c1-2-7-18(8-3-1)16-25-17-19(21-10-4-5-11-22(21)25)12-14-24-20-9-6-13-23-15-20/h1-11,13,15,17,24H,12,14,16H2. The zero-order chi connectivity index (χ0) is 16.9. The summed E-state index contributed by atoms with van der Waals surface area (Å²) in [6.45, 7) is 1.79. The molecule has 0 spiro atoms. The average Bonchev–Trinajstić information content (AvgIpc) is 3.01. The van der Waals surface area contributed by atoms with E-state index in [0.717, 1.165) is 25.2 Å². The van der Waals surface area contributed by atoms with E-state index in [1.165, 1.54) is 22.0 Å². The third-order valence-corrected chi connectivity index (χ3v) is 4.45. The van der Waals surface area contributed by atoms with Gasteiger partial charge in [-0.1, -0.05) is 48.5 Å². The van der Waals surface area contributed by atoms with Crippen molar-refractivity contribution in [2.45, 2.75) is 13.0 Å². The number of rotatable bonds is 6. The minimum atomic E-state index is 0.894. The van der Waals surface area contributed by atoms with Crippen LogP contribution in [0.1, 0.15) is 11.1 Å². The number of para-hydroxylation sites is 1. The lowest BCUT2D eigenvalue weighted by molar-refractivity contribution is 0.829. The van der Waals surface area contributed by atoms with Crippen molar-refractivity contribution in [3.63, 3.8) is 0 Å². The number of nitrogens with zero attached hydrogens (tertiary/aromatic N) is 2. The Balaban J connectivity index is 1.54. The second-order valence-corrected chi connectivity index (χ2v) is 6.20. The van der Waals surface area contributed by atoms with E-state index in [4.69, 9.17) is 0 Å². The number of anilines is 1. The number of nitrogens with one attached hydrogen (secondary N) is 1. The summed E-state index contributed by atoms with van der Waals surface area (Å²) in [4.78, 5) is 4.14. The third-order valence-electron chi connectivity index (χ3n) is 4.45. The molecule has 2 heterocycles. The maximum Gasteiger partial charge on any atom is 0.0526 e. The van der Waals surface area contributed by atoms with E-state index >= 15 is 0 Å². The Bertz CT molecular complexity index is 943. The van der Waals surface area contributed by atoms with E-state index in [2.05, 4.69) is 75.7 Å². The highest BCUT2D eigenvalue weighted by Crippen LogP contribution is 2.23. The number of pyridine rings is 1. The zero-order valence-electron chi connectivity index (χ0n) is 14.1. The predicted molar refractivity (Wildman–Crippen MR) is 104 cm³/mol. The van der Waals surface area contributed by atoms with Gasteiger partial charge in [-0.3, -0.25) is 4.98 Å². The van der Waals surface area contributed by atoms with Gasteiger partial charge in [0.15, 0.2) is 0 Å². The van der Waals surface area contributed by atoms with E-state index < -0.39 is 0 Å². The van der Waals surface area contributed by atoms with E-state index in [0.29, 0.717) is 0 Å². The smallest absolute Gasteiger partial charge is 0.0526 e. The number of hydrogen-bond acceptors (Lipinski definition) is 2. The molecule has 0 saturated heterocycles. The van der Waals surface area contributed by atoms with Crippen molar-refractivity contribution in [2.75, 3.05) is 11.9 Å². The molecular weight excluding hydrogens is 306 g/mol. The van der Waals surface area contributed by atoms with Crippen molar-refractivity contribution < 1.29 is 0 Å². The molecule has 0 amide bonds. The van der Waals surface area contributed by atoms with Gasteiger partial charge in [0, 0.05) is 42.6 Å². The van der Waals surface area contributed by atoms with Gasteiger partial charge in [-0.25, -0.2) is 0 Å². The zero-order valence-corrected chi connectivity index (χ0v) is 14.1. The SMILES string of the molecule is c1ccc(Cn2cc(CCNc3cccnc3)c3ccccc32)cc1. The van der Waals surface area contributed by atoms with Crippen LogP contribution in [-0.4, -0.2) is 16.1 Å². The molecule has 2 aromatic heterocycles. The summed E-state index contributed by atoms with van der Waals surface area (Å²) in [5.41, 5.74) is 5.06. The molecule has 0 radical (unpaired) electrons.